The van der Waals surface area contributed by atoms with Gasteiger partial charge in [0.2, 0.25) is 23.6 Å². The quantitative estimate of drug-likeness (QED) is 0.167. The van der Waals surface area contributed by atoms with Gasteiger partial charge in [0.15, 0.2) is 0 Å². The molecule has 2 aromatic rings. The highest BCUT2D eigenvalue weighted by Crippen LogP contribution is 2.19. The summed E-state index contributed by atoms with van der Waals surface area (Å²) in [5.41, 5.74) is 6.52. The summed E-state index contributed by atoms with van der Waals surface area (Å²) in [5.74, 6) is -4.63. The molecule has 14 heteroatoms. The Labute approximate surface area is 305 Å². The molecule has 13 nitrogen and oxygen atoms in total. The first-order valence-electron chi connectivity index (χ1n) is 16.8. The fourth-order valence-corrected chi connectivity index (χ4v) is 5.39. The van der Waals surface area contributed by atoms with Gasteiger partial charge >= 0.3 is 11.9 Å². The van der Waals surface area contributed by atoms with E-state index in [4.69, 9.17) is 22.1 Å². The van der Waals surface area contributed by atoms with Crippen LogP contribution in [0.3, 0.4) is 0 Å². The number of likely N-dealkylation sites (N-methyl/N-ethyl adjacent to an activating group) is 2. The van der Waals surface area contributed by atoms with Crippen molar-refractivity contribution in [3.8, 4) is 0 Å². The third-order valence-electron chi connectivity index (χ3n) is 8.22. The third-order valence-corrected chi connectivity index (χ3v) is 8.47. The lowest BCUT2D eigenvalue weighted by Gasteiger charge is -2.32. The minimum atomic E-state index is -1.31. The van der Waals surface area contributed by atoms with E-state index in [1.54, 1.807) is 59.0 Å². The van der Waals surface area contributed by atoms with Crippen molar-refractivity contribution in [1.29, 1.82) is 0 Å². The fourth-order valence-electron chi connectivity index (χ4n) is 5.26. The maximum Gasteiger partial charge on any atom is 0.308 e. The fraction of sp³-hybridized carbons (Fsp3) is 0.514. The van der Waals surface area contributed by atoms with E-state index in [2.05, 4.69) is 10.6 Å². The number of carboxylic acids is 1. The molecule has 2 rings (SSSR count). The molecule has 0 fully saturated rings. The molecule has 0 saturated heterocycles. The van der Waals surface area contributed by atoms with Gasteiger partial charge in [0.05, 0.1) is 24.8 Å². The summed E-state index contributed by atoms with van der Waals surface area (Å²) in [6, 6.07) is 12.6. The number of hydrogen-bond donors (Lipinski definition) is 4. The van der Waals surface area contributed by atoms with Crippen molar-refractivity contribution in [3.63, 3.8) is 0 Å². The Hall–Kier alpha value is -4.49. The van der Waals surface area contributed by atoms with E-state index in [9.17, 15) is 33.9 Å². The van der Waals surface area contributed by atoms with Crippen LogP contribution in [0, 0.1) is 5.92 Å². The predicted molar refractivity (Wildman–Crippen MR) is 194 cm³/mol. The maximum atomic E-state index is 13.9. The molecule has 0 radical (unpaired) electrons. The summed E-state index contributed by atoms with van der Waals surface area (Å²) in [4.78, 5) is 80.3. The SMILES string of the molecule is C[C@H](N)C(=O)N[C@@H](CC(=O)OC(C)(C)C)C(=O)N(C)[C@H](CC(=O)NC[C@H](C)N(C)C(=O)[C@@H](CC(=O)O)Cc1ccccc1)Cc1ccc(Cl)cc1. The summed E-state index contributed by atoms with van der Waals surface area (Å²) < 4.78 is 5.40. The van der Waals surface area contributed by atoms with Gasteiger partial charge in [-0.15, -0.1) is 0 Å². The number of esters is 1. The number of nitrogens with zero attached hydrogens (tertiary/aromatic N) is 2. The third kappa shape index (κ3) is 15.1. The largest absolute Gasteiger partial charge is 0.481 e. The molecule has 5 atom stereocenters. The van der Waals surface area contributed by atoms with Crippen LogP contribution in [0.5, 0.6) is 0 Å². The van der Waals surface area contributed by atoms with E-state index in [0.29, 0.717) is 5.02 Å². The van der Waals surface area contributed by atoms with Crippen LogP contribution >= 0.6 is 11.6 Å². The lowest BCUT2D eigenvalue weighted by Crippen LogP contribution is -2.55. The number of nitrogens with two attached hydrogens (primary N) is 1. The molecular formula is C37H52ClN5O8. The van der Waals surface area contributed by atoms with Gasteiger partial charge < -0.3 is 36.0 Å². The molecule has 0 saturated carbocycles. The molecule has 0 aromatic heterocycles. The van der Waals surface area contributed by atoms with Crippen molar-refractivity contribution in [2.24, 2.45) is 11.7 Å². The summed E-state index contributed by atoms with van der Waals surface area (Å²) in [6.45, 7) is 8.29. The first-order chi connectivity index (χ1) is 23.8. The Kier molecular flexibility index (Phi) is 16.6. The molecule has 0 aliphatic heterocycles. The first kappa shape index (κ1) is 42.7. The minimum absolute atomic E-state index is 0.0588. The summed E-state index contributed by atoms with van der Waals surface area (Å²) in [5, 5.41) is 15.4. The molecule has 0 aliphatic rings. The van der Waals surface area contributed by atoms with Crippen LogP contribution in [0.2, 0.25) is 5.02 Å². The van der Waals surface area contributed by atoms with E-state index in [1.165, 1.54) is 23.8 Å². The Morgan fingerprint density at radius 2 is 1.43 bits per heavy atom. The molecule has 0 heterocycles. The van der Waals surface area contributed by atoms with Crippen molar-refractivity contribution >= 4 is 47.2 Å². The normalized spacial score (nSPS) is 14.2. The molecule has 0 aliphatic carbocycles. The zero-order valence-electron chi connectivity index (χ0n) is 30.5. The van der Waals surface area contributed by atoms with Crippen LogP contribution in [0.1, 0.15) is 65.0 Å². The van der Waals surface area contributed by atoms with Crippen LogP contribution in [0.4, 0.5) is 0 Å². The highest BCUT2D eigenvalue weighted by molar-refractivity contribution is 6.30. The van der Waals surface area contributed by atoms with Crippen LogP contribution < -0.4 is 16.4 Å². The van der Waals surface area contributed by atoms with Gasteiger partial charge in [-0.1, -0.05) is 54.1 Å². The Morgan fingerprint density at radius 3 is 1.98 bits per heavy atom. The van der Waals surface area contributed by atoms with Crippen molar-refractivity contribution in [1.82, 2.24) is 20.4 Å². The molecule has 280 valence electrons. The van der Waals surface area contributed by atoms with Gasteiger partial charge in [-0.3, -0.25) is 28.8 Å². The standard InChI is InChI=1S/C37H52ClN5O8/c1-23(42(6)35(49)27(19-32(45)46)17-25-11-9-8-10-12-25)22-40-31(44)20-29(18-26-13-15-28(38)16-14-26)43(7)36(50)30(41-34(48)24(2)39)21-33(47)51-37(3,4)5/h8-16,23-24,27,29-30H,17-22,39H2,1-7H3,(H,40,44)(H,41,48)(H,45,46)/t23-,24-,27+,29-,30-/m0/s1. The van der Waals surface area contributed by atoms with Crippen molar-refractivity contribution < 1.29 is 38.6 Å². The number of carbonyl (C=O) groups excluding carboxylic acids is 5. The van der Waals surface area contributed by atoms with E-state index in [-0.39, 0.29) is 38.1 Å². The minimum Gasteiger partial charge on any atom is -0.481 e. The molecule has 51 heavy (non-hydrogen) atoms. The van der Waals surface area contributed by atoms with E-state index >= 15 is 0 Å². The molecular weight excluding hydrogens is 678 g/mol. The number of carbonyl (C=O) groups is 6. The van der Waals surface area contributed by atoms with Crippen LogP contribution in [-0.4, -0.2) is 101 Å². The van der Waals surface area contributed by atoms with E-state index in [0.717, 1.165) is 11.1 Å². The molecule has 5 N–H and O–H groups in total. The lowest BCUT2D eigenvalue weighted by molar-refractivity contribution is -0.157. The number of aliphatic carboxylic acids is 1. The van der Waals surface area contributed by atoms with E-state index in [1.807, 2.05) is 30.3 Å². The Bertz CT molecular complexity index is 1500. The van der Waals surface area contributed by atoms with Gasteiger partial charge in [-0.25, -0.2) is 0 Å². The zero-order valence-corrected chi connectivity index (χ0v) is 31.2. The second-order valence-corrected chi connectivity index (χ2v) is 14.3. The molecule has 0 spiro atoms. The predicted octanol–water partition coefficient (Wildman–Crippen LogP) is 2.96. The smallest absolute Gasteiger partial charge is 0.308 e. The number of benzene rings is 2. The van der Waals surface area contributed by atoms with Crippen LogP contribution in [0.15, 0.2) is 54.6 Å². The van der Waals surface area contributed by atoms with Crippen LogP contribution in [0.25, 0.3) is 0 Å². The zero-order chi connectivity index (χ0) is 38.5. The molecule has 4 amide bonds. The second-order valence-electron chi connectivity index (χ2n) is 13.9. The number of carboxylic acid groups (broad SMARTS) is 1. The van der Waals surface area contributed by atoms with Gasteiger partial charge in [-0.2, -0.15) is 0 Å². The van der Waals surface area contributed by atoms with Gasteiger partial charge in [0.1, 0.15) is 11.6 Å². The van der Waals surface area contributed by atoms with Gasteiger partial charge in [0.25, 0.3) is 0 Å². The number of halogens is 1. The number of ether oxygens (including phenoxy) is 1. The van der Waals surface area contributed by atoms with Gasteiger partial charge in [0, 0.05) is 44.2 Å². The molecule has 0 bridgehead atoms. The highest BCUT2D eigenvalue weighted by Gasteiger charge is 2.34. The average molecular weight is 730 g/mol. The first-order valence-corrected chi connectivity index (χ1v) is 17.2. The number of rotatable bonds is 18. The topological polar surface area (TPSA) is 188 Å². The monoisotopic (exact) mass is 729 g/mol. The van der Waals surface area contributed by atoms with Crippen LogP contribution in [-0.2, 0) is 46.3 Å². The summed E-state index contributed by atoms with van der Waals surface area (Å²) >= 11 is 6.08. The number of hydrogen-bond acceptors (Lipinski definition) is 8. The highest BCUT2D eigenvalue weighted by atomic mass is 35.5. The van der Waals surface area contributed by atoms with Crippen molar-refractivity contribution in [3.05, 3.63) is 70.7 Å². The molecule has 2 aromatic carbocycles. The Balaban J connectivity index is 2.23. The summed E-state index contributed by atoms with van der Waals surface area (Å²) in [6.07, 6.45) is -0.474. The summed E-state index contributed by atoms with van der Waals surface area (Å²) in [7, 11) is 3.05. The Morgan fingerprint density at radius 1 is 0.843 bits per heavy atom. The van der Waals surface area contributed by atoms with Crippen molar-refractivity contribution in [2.45, 2.75) is 96.5 Å². The number of amides is 4. The lowest BCUT2D eigenvalue weighted by atomic mass is 9.94. The second kappa shape index (κ2) is 19.8. The molecule has 0 unspecified atom stereocenters. The number of nitrogens with one attached hydrogen (secondary N) is 2. The van der Waals surface area contributed by atoms with Gasteiger partial charge in [-0.05, 0) is 70.7 Å². The van der Waals surface area contributed by atoms with E-state index < -0.39 is 71.8 Å². The maximum absolute atomic E-state index is 13.9. The average Bonchev–Trinajstić information content (AvgIpc) is 3.05. The van der Waals surface area contributed by atoms with Crippen molar-refractivity contribution in [2.75, 3.05) is 20.6 Å².